The van der Waals surface area contributed by atoms with Gasteiger partial charge in [-0.1, -0.05) is 13.8 Å². The van der Waals surface area contributed by atoms with Crippen molar-refractivity contribution in [2.75, 3.05) is 19.6 Å². The number of carbonyl (C=O) groups is 1. The van der Waals surface area contributed by atoms with Crippen molar-refractivity contribution >= 4 is 27.0 Å². The van der Waals surface area contributed by atoms with Gasteiger partial charge in [-0.3, -0.25) is 4.79 Å². The molecule has 0 spiro atoms. The number of hydrogen-bond acceptors (Lipinski definition) is 4. The highest BCUT2D eigenvalue weighted by Gasteiger charge is 2.22. The predicted molar refractivity (Wildman–Crippen MR) is 97.8 cm³/mol. The van der Waals surface area contributed by atoms with E-state index < -0.39 is 10.0 Å². The zero-order valence-corrected chi connectivity index (χ0v) is 16.1. The first kappa shape index (κ1) is 19.4. The van der Waals surface area contributed by atoms with Crippen molar-refractivity contribution in [1.29, 1.82) is 0 Å². The van der Waals surface area contributed by atoms with Crippen molar-refractivity contribution in [3.63, 3.8) is 0 Å². The molecule has 1 aromatic heterocycles. The molecule has 0 unspecified atom stereocenters. The summed E-state index contributed by atoms with van der Waals surface area (Å²) in [4.78, 5) is 16.4. The predicted octanol–water partition coefficient (Wildman–Crippen LogP) is 1.67. The molecule has 0 atom stereocenters. The maximum absolute atomic E-state index is 12.7. The number of fused-ring (bicyclic) bond motifs is 1. The molecule has 0 fully saturated rings. The van der Waals surface area contributed by atoms with Gasteiger partial charge in [0.15, 0.2) is 0 Å². The van der Waals surface area contributed by atoms with Crippen LogP contribution in [0.5, 0.6) is 0 Å². The molecule has 0 saturated carbocycles. The van der Waals surface area contributed by atoms with Crippen LogP contribution in [-0.2, 0) is 28.3 Å². The second-order valence-corrected chi connectivity index (χ2v) is 7.72. The van der Waals surface area contributed by atoms with Crippen LogP contribution in [0.4, 0.5) is 0 Å². The van der Waals surface area contributed by atoms with Crippen LogP contribution >= 0.6 is 0 Å². The summed E-state index contributed by atoms with van der Waals surface area (Å²) in [5, 5.41) is 2.76. The second-order valence-electron chi connectivity index (χ2n) is 5.78. The van der Waals surface area contributed by atoms with Crippen molar-refractivity contribution in [3.05, 3.63) is 24.0 Å². The normalized spacial score (nSPS) is 12.0. The lowest BCUT2D eigenvalue weighted by atomic mass is 10.3. The van der Waals surface area contributed by atoms with Crippen molar-refractivity contribution in [2.24, 2.45) is 7.05 Å². The van der Waals surface area contributed by atoms with Crippen LogP contribution in [0.1, 0.15) is 33.0 Å². The summed E-state index contributed by atoms with van der Waals surface area (Å²) in [6.45, 7) is 6.98. The third-order valence-corrected chi connectivity index (χ3v) is 6.28. The van der Waals surface area contributed by atoms with Crippen LogP contribution < -0.4 is 5.32 Å². The molecule has 0 aliphatic heterocycles. The number of carbonyl (C=O) groups excluding carboxylic acids is 1. The molecule has 8 heteroatoms. The van der Waals surface area contributed by atoms with Gasteiger partial charge in [-0.25, -0.2) is 13.4 Å². The summed E-state index contributed by atoms with van der Waals surface area (Å²) in [5.41, 5.74) is 1.48. The van der Waals surface area contributed by atoms with Crippen molar-refractivity contribution in [2.45, 2.75) is 38.5 Å². The number of rotatable bonds is 8. The highest BCUT2D eigenvalue weighted by molar-refractivity contribution is 7.89. The van der Waals surface area contributed by atoms with Crippen LogP contribution in [0.15, 0.2) is 23.1 Å². The molecular formula is C17H26N4O3S. The first-order chi connectivity index (χ1) is 11.8. The SMILES string of the molecule is CCNC(=O)CCc1nc2cc(S(=O)(=O)N(CC)CC)ccc2n1C. The Balaban J connectivity index is 2.33. The fourth-order valence-corrected chi connectivity index (χ4v) is 4.32. The number of sulfonamides is 1. The lowest BCUT2D eigenvalue weighted by molar-refractivity contribution is -0.120. The third-order valence-electron chi connectivity index (χ3n) is 4.24. The van der Waals surface area contributed by atoms with Gasteiger partial charge in [-0.2, -0.15) is 4.31 Å². The monoisotopic (exact) mass is 366 g/mol. The lowest BCUT2D eigenvalue weighted by Gasteiger charge is -2.18. The molecule has 1 amide bonds. The van der Waals surface area contributed by atoms with Gasteiger partial charge >= 0.3 is 0 Å². The van der Waals surface area contributed by atoms with Gasteiger partial charge in [0.1, 0.15) is 5.82 Å². The minimum Gasteiger partial charge on any atom is -0.356 e. The van der Waals surface area contributed by atoms with E-state index in [-0.39, 0.29) is 10.8 Å². The zero-order valence-electron chi connectivity index (χ0n) is 15.2. The Morgan fingerprint density at radius 3 is 2.52 bits per heavy atom. The minimum absolute atomic E-state index is 0.0145. The van der Waals surface area contributed by atoms with Crippen LogP contribution in [0.2, 0.25) is 0 Å². The number of imidazole rings is 1. The van der Waals surface area contributed by atoms with Crippen LogP contribution in [0.3, 0.4) is 0 Å². The largest absolute Gasteiger partial charge is 0.356 e. The second kappa shape index (κ2) is 7.97. The van der Waals surface area contributed by atoms with Gasteiger partial charge in [-0.05, 0) is 25.1 Å². The van der Waals surface area contributed by atoms with Gasteiger partial charge in [0.05, 0.1) is 15.9 Å². The standard InChI is InChI=1S/C17H26N4O3S/c1-5-18-17(22)11-10-16-19-14-12-13(8-9-15(14)20(16)4)25(23,24)21(6-2)7-3/h8-9,12H,5-7,10-11H2,1-4H3,(H,18,22). The van der Waals surface area contributed by atoms with Crippen molar-refractivity contribution < 1.29 is 13.2 Å². The summed E-state index contributed by atoms with van der Waals surface area (Å²) in [6, 6.07) is 5.00. The fraction of sp³-hybridized carbons (Fsp3) is 0.529. The zero-order chi connectivity index (χ0) is 18.6. The Bertz CT molecular complexity index is 854. The number of hydrogen-bond donors (Lipinski definition) is 1. The van der Waals surface area contributed by atoms with Gasteiger partial charge in [0, 0.05) is 39.5 Å². The number of aryl methyl sites for hydroxylation is 2. The number of benzene rings is 1. The van der Waals surface area contributed by atoms with E-state index in [0.717, 1.165) is 11.3 Å². The fourth-order valence-electron chi connectivity index (χ4n) is 2.84. The molecule has 2 aromatic rings. The van der Waals surface area contributed by atoms with Gasteiger partial charge in [-0.15, -0.1) is 0 Å². The molecule has 1 N–H and O–H groups in total. The smallest absolute Gasteiger partial charge is 0.243 e. The van der Waals surface area contributed by atoms with Crippen LogP contribution in [-0.4, -0.2) is 47.8 Å². The molecule has 0 radical (unpaired) electrons. The number of nitrogens with zero attached hydrogens (tertiary/aromatic N) is 3. The first-order valence-corrected chi connectivity index (χ1v) is 10.0. The Morgan fingerprint density at radius 2 is 1.92 bits per heavy atom. The molecule has 1 heterocycles. The van der Waals surface area contributed by atoms with E-state index in [1.165, 1.54) is 4.31 Å². The molecule has 25 heavy (non-hydrogen) atoms. The van der Waals surface area contributed by atoms with Crippen LogP contribution in [0.25, 0.3) is 11.0 Å². The summed E-state index contributed by atoms with van der Waals surface area (Å²) in [6.07, 6.45) is 0.866. The van der Waals surface area contributed by atoms with E-state index in [4.69, 9.17) is 0 Å². The van der Waals surface area contributed by atoms with Gasteiger partial charge in [0.2, 0.25) is 15.9 Å². The molecule has 2 rings (SSSR count). The average molecular weight is 366 g/mol. The Labute approximate surface area is 149 Å². The third kappa shape index (κ3) is 4.01. The molecular weight excluding hydrogens is 340 g/mol. The number of amides is 1. The van der Waals surface area contributed by atoms with Gasteiger partial charge < -0.3 is 9.88 Å². The highest BCUT2D eigenvalue weighted by Crippen LogP contribution is 2.22. The average Bonchev–Trinajstić information content (AvgIpc) is 2.90. The molecule has 138 valence electrons. The minimum atomic E-state index is -3.51. The molecule has 1 aromatic carbocycles. The van der Waals surface area contributed by atoms with E-state index >= 15 is 0 Å². The van der Waals surface area contributed by atoms with E-state index in [9.17, 15) is 13.2 Å². The molecule has 0 aliphatic carbocycles. The molecule has 0 bridgehead atoms. The van der Waals surface area contributed by atoms with E-state index in [1.807, 2.05) is 32.4 Å². The van der Waals surface area contributed by atoms with E-state index in [1.54, 1.807) is 18.2 Å². The Hall–Kier alpha value is -1.93. The Morgan fingerprint density at radius 1 is 1.24 bits per heavy atom. The summed E-state index contributed by atoms with van der Waals surface area (Å²) in [7, 11) is -1.63. The summed E-state index contributed by atoms with van der Waals surface area (Å²) in [5.74, 6) is 0.748. The topological polar surface area (TPSA) is 84.3 Å². The lowest BCUT2D eigenvalue weighted by Crippen LogP contribution is -2.30. The quantitative estimate of drug-likeness (QED) is 0.770. The summed E-state index contributed by atoms with van der Waals surface area (Å²) >= 11 is 0. The van der Waals surface area contributed by atoms with E-state index in [0.29, 0.717) is 38.0 Å². The van der Waals surface area contributed by atoms with E-state index in [2.05, 4.69) is 10.3 Å². The summed E-state index contributed by atoms with van der Waals surface area (Å²) < 4.78 is 28.6. The molecule has 0 saturated heterocycles. The number of nitrogens with one attached hydrogen (secondary N) is 1. The first-order valence-electron chi connectivity index (χ1n) is 8.57. The molecule has 7 nitrogen and oxygen atoms in total. The highest BCUT2D eigenvalue weighted by atomic mass is 32.2. The maximum atomic E-state index is 12.7. The van der Waals surface area contributed by atoms with Crippen molar-refractivity contribution in [3.8, 4) is 0 Å². The van der Waals surface area contributed by atoms with Crippen LogP contribution in [0, 0.1) is 0 Å². The number of aromatic nitrogens is 2. The van der Waals surface area contributed by atoms with Gasteiger partial charge in [0.25, 0.3) is 0 Å². The van der Waals surface area contributed by atoms with Crippen molar-refractivity contribution in [1.82, 2.24) is 19.2 Å². The maximum Gasteiger partial charge on any atom is 0.243 e. The molecule has 0 aliphatic rings. The Kier molecular flexibility index (Phi) is 6.18.